The van der Waals surface area contributed by atoms with Crippen molar-refractivity contribution in [3.05, 3.63) is 237 Å². The van der Waals surface area contributed by atoms with Crippen LogP contribution in [-0.4, -0.2) is 9.97 Å². The maximum Gasteiger partial charge on any atom is 0.172 e. The highest BCUT2D eigenvalue weighted by Crippen LogP contribution is 2.49. The summed E-state index contributed by atoms with van der Waals surface area (Å²) in [4.78, 5) is 8.69. The lowest BCUT2D eigenvalue weighted by atomic mass is 9.94. The zero-order chi connectivity index (χ0) is 42.6. The summed E-state index contributed by atoms with van der Waals surface area (Å²) in [6, 6.07) is 77.9. The van der Waals surface area contributed by atoms with Crippen LogP contribution in [0.3, 0.4) is 0 Å². The molecule has 0 atom stereocenters. The van der Waals surface area contributed by atoms with Crippen molar-refractivity contribution >= 4 is 120 Å². The number of fused-ring (bicyclic) bond motifs is 4. The first kappa shape index (κ1) is 37.8. The molecule has 0 aliphatic heterocycles. The van der Waals surface area contributed by atoms with E-state index in [0.29, 0.717) is 0 Å². The Kier molecular flexibility index (Phi) is 9.11. The van der Waals surface area contributed by atoms with E-state index in [9.17, 15) is 0 Å². The van der Waals surface area contributed by atoms with Gasteiger partial charge in [-0.25, -0.2) is 0 Å². The Morgan fingerprint density at radius 2 is 0.594 bits per heavy atom. The number of nitrogens with zero attached hydrogens (tertiary/aromatic N) is 2. The number of hydrogen-bond donors (Lipinski definition) is 0. The second-order valence-corrected chi connectivity index (χ2v) is 19.1. The molecule has 0 saturated heterocycles. The SMILES string of the molecule is O=P(c1ccccc1)(c1ccc2ccc3cccc4ccc1c2c34)c1ccc2ccc3cccc4ccc1c2c34.c1ccc2ccccc2c1.c1cnc2c(c1)ccc1cccnc12. The van der Waals surface area contributed by atoms with Gasteiger partial charge >= 0.3 is 0 Å². The zero-order valence-electron chi connectivity index (χ0n) is 34.8. The van der Waals surface area contributed by atoms with Crippen molar-refractivity contribution in [1.29, 1.82) is 0 Å². The fourth-order valence-corrected chi connectivity index (χ4v) is 12.9. The first-order valence-electron chi connectivity index (χ1n) is 21.7. The van der Waals surface area contributed by atoms with E-state index in [2.05, 4.69) is 192 Å². The third kappa shape index (κ3) is 6.16. The van der Waals surface area contributed by atoms with Crippen molar-refractivity contribution in [2.24, 2.45) is 0 Å². The highest BCUT2D eigenvalue weighted by Gasteiger charge is 2.34. The first-order chi connectivity index (χ1) is 31.6. The summed E-state index contributed by atoms with van der Waals surface area (Å²) in [5, 5.41) is 21.8. The number of aromatic nitrogens is 2. The molecular weight excluding hydrogens is 796 g/mol. The highest BCUT2D eigenvalue weighted by molar-refractivity contribution is 7.86. The molecule has 0 aliphatic carbocycles. The molecule has 0 N–H and O–H groups in total. The number of rotatable bonds is 3. The van der Waals surface area contributed by atoms with Crippen LogP contribution in [0.2, 0.25) is 0 Å². The van der Waals surface area contributed by atoms with Gasteiger partial charge in [-0.15, -0.1) is 0 Å². The van der Waals surface area contributed by atoms with Crippen LogP contribution in [-0.2, 0) is 4.57 Å². The van der Waals surface area contributed by atoms with Crippen LogP contribution in [0, 0.1) is 0 Å². The predicted octanol–water partition coefficient (Wildman–Crippen LogP) is 14.7. The Labute approximate surface area is 369 Å². The molecule has 12 aromatic carbocycles. The minimum Gasteiger partial charge on any atom is -0.309 e. The fourth-order valence-electron chi connectivity index (χ4n) is 9.85. The molecule has 0 amide bonds. The van der Waals surface area contributed by atoms with E-state index in [-0.39, 0.29) is 0 Å². The van der Waals surface area contributed by atoms with Crippen molar-refractivity contribution in [1.82, 2.24) is 9.97 Å². The van der Waals surface area contributed by atoms with Crippen molar-refractivity contribution in [3.8, 4) is 0 Å². The third-order valence-corrected chi connectivity index (χ3v) is 16.0. The molecule has 0 spiro atoms. The average molecular weight is 835 g/mol. The summed E-state index contributed by atoms with van der Waals surface area (Å²) in [6.45, 7) is 0. The van der Waals surface area contributed by atoms with E-state index in [4.69, 9.17) is 0 Å². The van der Waals surface area contributed by atoms with Crippen LogP contribution in [0.5, 0.6) is 0 Å². The summed E-state index contributed by atoms with van der Waals surface area (Å²) in [6.07, 6.45) is 3.60. The molecule has 300 valence electrons. The minimum absolute atomic E-state index is 0.861. The normalized spacial score (nSPS) is 11.8. The molecule has 2 aromatic heterocycles. The Morgan fingerprint density at radius 1 is 0.266 bits per heavy atom. The summed E-state index contributed by atoms with van der Waals surface area (Å²) in [5.41, 5.74) is 1.95. The molecule has 0 radical (unpaired) electrons. The Morgan fingerprint density at radius 3 is 1.03 bits per heavy atom. The third-order valence-electron chi connectivity index (χ3n) is 12.8. The molecule has 64 heavy (non-hydrogen) atoms. The van der Waals surface area contributed by atoms with Crippen LogP contribution in [0.1, 0.15) is 0 Å². The molecule has 2 heterocycles. The summed E-state index contributed by atoms with van der Waals surface area (Å²) in [5.74, 6) is 0. The van der Waals surface area contributed by atoms with Gasteiger partial charge in [-0.2, -0.15) is 0 Å². The van der Waals surface area contributed by atoms with E-state index >= 15 is 4.57 Å². The number of pyridine rings is 2. The highest BCUT2D eigenvalue weighted by atomic mass is 31.2. The lowest BCUT2D eigenvalue weighted by Gasteiger charge is -2.25. The zero-order valence-corrected chi connectivity index (χ0v) is 35.7. The summed E-state index contributed by atoms with van der Waals surface area (Å²) in [7, 11) is -3.29. The first-order valence-corrected chi connectivity index (χ1v) is 23.4. The molecule has 14 rings (SSSR count). The van der Waals surface area contributed by atoms with Gasteiger partial charge in [0, 0.05) is 39.1 Å². The van der Waals surface area contributed by atoms with E-state index in [1.54, 1.807) is 12.4 Å². The molecule has 0 unspecified atom stereocenters. The Hall–Kier alpha value is -7.97. The van der Waals surface area contributed by atoms with Gasteiger partial charge in [0.25, 0.3) is 0 Å². The maximum absolute atomic E-state index is 16.1. The Bertz CT molecular complexity index is 3770. The van der Waals surface area contributed by atoms with Gasteiger partial charge in [0.05, 0.1) is 11.0 Å². The van der Waals surface area contributed by atoms with Crippen LogP contribution < -0.4 is 15.9 Å². The van der Waals surface area contributed by atoms with Gasteiger partial charge in [0.2, 0.25) is 0 Å². The largest absolute Gasteiger partial charge is 0.309 e. The topological polar surface area (TPSA) is 42.9 Å². The van der Waals surface area contributed by atoms with Crippen molar-refractivity contribution in [2.45, 2.75) is 0 Å². The molecule has 3 nitrogen and oxygen atoms in total. The van der Waals surface area contributed by atoms with Gasteiger partial charge in [0.1, 0.15) is 0 Å². The van der Waals surface area contributed by atoms with Gasteiger partial charge in [-0.1, -0.05) is 200 Å². The van der Waals surface area contributed by atoms with E-state index < -0.39 is 7.14 Å². The molecule has 0 aliphatic rings. The molecule has 0 fully saturated rings. The quantitative estimate of drug-likeness (QED) is 0.132. The molecular formula is C60H39N2OP. The molecule has 0 bridgehead atoms. The smallest absolute Gasteiger partial charge is 0.172 e. The van der Waals surface area contributed by atoms with Crippen LogP contribution in [0.4, 0.5) is 0 Å². The predicted molar refractivity (Wildman–Crippen MR) is 274 cm³/mol. The number of hydrogen-bond acceptors (Lipinski definition) is 3. The van der Waals surface area contributed by atoms with Gasteiger partial charge in [0.15, 0.2) is 7.14 Å². The van der Waals surface area contributed by atoms with Crippen LogP contribution in [0.25, 0.3) is 97.2 Å². The average Bonchev–Trinajstić information content (AvgIpc) is 3.37. The van der Waals surface area contributed by atoms with Crippen molar-refractivity contribution in [3.63, 3.8) is 0 Å². The van der Waals surface area contributed by atoms with Gasteiger partial charge in [-0.05, 0) is 99.7 Å². The lowest BCUT2D eigenvalue weighted by molar-refractivity contribution is 0.593. The second kappa shape index (κ2) is 15.4. The van der Waals surface area contributed by atoms with E-state index in [1.807, 2.05) is 42.5 Å². The molecule has 0 saturated carbocycles. The van der Waals surface area contributed by atoms with E-state index in [0.717, 1.165) is 48.5 Å². The maximum atomic E-state index is 16.1. The minimum atomic E-state index is -3.29. The lowest BCUT2D eigenvalue weighted by Crippen LogP contribution is -2.26. The van der Waals surface area contributed by atoms with Crippen molar-refractivity contribution in [2.75, 3.05) is 0 Å². The van der Waals surface area contributed by atoms with Gasteiger partial charge < -0.3 is 4.57 Å². The number of benzene rings is 12. The monoisotopic (exact) mass is 834 g/mol. The fraction of sp³-hybridized carbons (Fsp3) is 0. The van der Waals surface area contributed by atoms with E-state index in [1.165, 1.54) is 64.6 Å². The van der Waals surface area contributed by atoms with Crippen LogP contribution in [0.15, 0.2) is 237 Å². The van der Waals surface area contributed by atoms with Gasteiger partial charge in [-0.3, -0.25) is 9.97 Å². The second-order valence-electron chi connectivity index (χ2n) is 16.4. The standard InChI is InChI=1S/C38H23OP.C12H8N2.C10H8/c39-40(30-10-2-1-3-11-30,33-22-18-28-14-12-24-6-4-8-26-16-20-31(33)37(28)35(24)26)34-23-19-29-15-13-25-7-5-9-27-17-21-32(34)38(29)36(25)27;1-3-9-5-6-10-4-2-8-14-12(10)11(9)13-7-1;1-2-6-10-8-4-3-7-9(10)5-1/h1-23H;1-8H;1-8H. The molecule has 4 heteroatoms. The summed E-state index contributed by atoms with van der Waals surface area (Å²) < 4.78 is 16.1. The molecule has 14 aromatic rings. The van der Waals surface area contributed by atoms with Crippen molar-refractivity contribution < 1.29 is 4.57 Å². The summed E-state index contributed by atoms with van der Waals surface area (Å²) >= 11 is 0. The Balaban J connectivity index is 0.000000146. The van der Waals surface area contributed by atoms with Crippen LogP contribution >= 0.6 is 7.14 Å².